The van der Waals surface area contributed by atoms with E-state index in [0.29, 0.717) is 0 Å². The molecule has 2 nitrogen and oxygen atoms in total. The van der Waals surface area contributed by atoms with Crippen LogP contribution < -0.4 is 0 Å². The number of hydrogen-bond acceptors (Lipinski definition) is 3. The topological polar surface area (TPSA) is 22.1 Å². The zero-order valence-electron chi connectivity index (χ0n) is 8.54. The van der Waals surface area contributed by atoms with Crippen LogP contribution in [-0.2, 0) is 11.2 Å². The normalized spacial score (nSPS) is 11.9. The standard InChI is InChI=1S/C10H17NOS/c1-10(2,3)12-7-4-5-9-11-6-8-13-9/h6,8H,4-5,7H2,1-3H3. The fourth-order valence-corrected chi connectivity index (χ4v) is 1.64. The van der Waals surface area contributed by atoms with Gasteiger partial charge in [0.05, 0.1) is 10.6 Å². The van der Waals surface area contributed by atoms with Gasteiger partial charge in [-0.25, -0.2) is 4.98 Å². The molecular weight excluding hydrogens is 182 g/mol. The summed E-state index contributed by atoms with van der Waals surface area (Å²) in [5.74, 6) is 0. The van der Waals surface area contributed by atoms with Crippen molar-refractivity contribution in [2.24, 2.45) is 0 Å². The quantitative estimate of drug-likeness (QED) is 0.696. The Labute approximate surface area is 84.0 Å². The van der Waals surface area contributed by atoms with E-state index in [0.717, 1.165) is 19.4 Å². The molecule has 1 rings (SSSR count). The highest BCUT2D eigenvalue weighted by molar-refractivity contribution is 7.09. The van der Waals surface area contributed by atoms with Gasteiger partial charge < -0.3 is 4.74 Å². The van der Waals surface area contributed by atoms with E-state index < -0.39 is 0 Å². The second-order valence-corrected chi connectivity index (χ2v) is 4.97. The molecule has 0 saturated heterocycles. The number of aryl methyl sites for hydroxylation is 1. The third-order valence-electron chi connectivity index (χ3n) is 1.55. The van der Waals surface area contributed by atoms with Gasteiger partial charge in [-0.15, -0.1) is 11.3 Å². The summed E-state index contributed by atoms with van der Waals surface area (Å²) in [4.78, 5) is 4.21. The molecule has 0 saturated carbocycles. The van der Waals surface area contributed by atoms with Crippen molar-refractivity contribution < 1.29 is 4.74 Å². The number of ether oxygens (including phenoxy) is 1. The summed E-state index contributed by atoms with van der Waals surface area (Å²) in [6.07, 6.45) is 3.95. The lowest BCUT2D eigenvalue weighted by Gasteiger charge is -2.19. The molecule has 1 aromatic heterocycles. The van der Waals surface area contributed by atoms with Gasteiger partial charge >= 0.3 is 0 Å². The molecular formula is C10H17NOS. The molecule has 13 heavy (non-hydrogen) atoms. The number of thiazole rings is 1. The maximum absolute atomic E-state index is 5.60. The van der Waals surface area contributed by atoms with Crippen LogP contribution in [0.4, 0.5) is 0 Å². The summed E-state index contributed by atoms with van der Waals surface area (Å²) in [6, 6.07) is 0. The van der Waals surface area contributed by atoms with E-state index in [9.17, 15) is 0 Å². The van der Waals surface area contributed by atoms with Crippen LogP contribution in [0.2, 0.25) is 0 Å². The predicted octanol–water partition coefficient (Wildman–Crippen LogP) is 2.89. The van der Waals surface area contributed by atoms with Crippen molar-refractivity contribution in [3.8, 4) is 0 Å². The number of nitrogens with zero attached hydrogens (tertiary/aromatic N) is 1. The van der Waals surface area contributed by atoms with Crippen LogP contribution >= 0.6 is 11.3 Å². The summed E-state index contributed by atoms with van der Waals surface area (Å²) in [5, 5.41) is 3.22. The average Bonchev–Trinajstić information content (AvgIpc) is 2.48. The van der Waals surface area contributed by atoms with E-state index in [4.69, 9.17) is 4.74 Å². The summed E-state index contributed by atoms with van der Waals surface area (Å²) >= 11 is 1.71. The summed E-state index contributed by atoms with van der Waals surface area (Å²) < 4.78 is 5.60. The van der Waals surface area contributed by atoms with Gasteiger partial charge in [0.15, 0.2) is 0 Å². The lowest BCUT2D eigenvalue weighted by molar-refractivity contribution is -0.00384. The Morgan fingerprint density at radius 1 is 1.46 bits per heavy atom. The van der Waals surface area contributed by atoms with Crippen LogP contribution in [0.5, 0.6) is 0 Å². The van der Waals surface area contributed by atoms with Gasteiger partial charge in [-0.3, -0.25) is 0 Å². The smallest absolute Gasteiger partial charge is 0.0925 e. The molecule has 0 radical (unpaired) electrons. The first-order valence-corrected chi connectivity index (χ1v) is 5.48. The third-order valence-corrected chi connectivity index (χ3v) is 2.39. The molecule has 1 aromatic rings. The maximum atomic E-state index is 5.60. The molecule has 0 aliphatic heterocycles. The van der Waals surface area contributed by atoms with Crippen LogP contribution in [0.15, 0.2) is 11.6 Å². The van der Waals surface area contributed by atoms with Crippen LogP contribution in [0.3, 0.4) is 0 Å². The van der Waals surface area contributed by atoms with Gasteiger partial charge in [-0.2, -0.15) is 0 Å². The lowest BCUT2D eigenvalue weighted by Crippen LogP contribution is -2.19. The van der Waals surface area contributed by atoms with E-state index in [1.807, 2.05) is 11.6 Å². The molecule has 0 N–H and O–H groups in total. The second kappa shape index (κ2) is 4.72. The fraction of sp³-hybridized carbons (Fsp3) is 0.700. The average molecular weight is 199 g/mol. The molecule has 0 fully saturated rings. The first-order valence-electron chi connectivity index (χ1n) is 4.60. The Morgan fingerprint density at radius 3 is 2.77 bits per heavy atom. The monoisotopic (exact) mass is 199 g/mol. The Bertz CT molecular complexity index is 226. The maximum Gasteiger partial charge on any atom is 0.0925 e. The molecule has 1 heterocycles. The third kappa shape index (κ3) is 5.01. The van der Waals surface area contributed by atoms with E-state index in [1.165, 1.54) is 5.01 Å². The number of rotatable bonds is 4. The van der Waals surface area contributed by atoms with Crippen molar-refractivity contribution in [1.29, 1.82) is 0 Å². The predicted molar refractivity (Wildman–Crippen MR) is 56.1 cm³/mol. The highest BCUT2D eigenvalue weighted by atomic mass is 32.1. The minimum absolute atomic E-state index is 0.0110. The Balaban J connectivity index is 2.09. The molecule has 74 valence electrons. The zero-order chi connectivity index (χ0) is 9.73. The number of hydrogen-bond donors (Lipinski definition) is 0. The summed E-state index contributed by atoms with van der Waals surface area (Å²) in [6.45, 7) is 7.06. The van der Waals surface area contributed by atoms with Gasteiger partial charge in [0.1, 0.15) is 0 Å². The highest BCUT2D eigenvalue weighted by Crippen LogP contribution is 2.10. The Morgan fingerprint density at radius 2 is 2.23 bits per heavy atom. The Hall–Kier alpha value is -0.410. The molecule has 0 aliphatic carbocycles. The van der Waals surface area contributed by atoms with Crippen molar-refractivity contribution in [1.82, 2.24) is 4.98 Å². The van der Waals surface area contributed by atoms with Crippen LogP contribution in [0.25, 0.3) is 0 Å². The molecule has 0 bridgehead atoms. The first kappa shape index (κ1) is 10.7. The second-order valence-electron chi connectivity index (χ2n) is 3.99. The molecule has 0 aromatic carbocycles. The highest BCUT2D eigenvalue weighted by Gasteiger charge is 2.08. The van der Waals surface area contributed by atoms with Gasteiger partial charge in [0, 0.05) is 24.6 Å². The van der Waals surface area contributed by atoms with Gasteiger partial charge in [-0.1, -0.05) is 0 Å². The van der Waals surface area contributed by atoms with Gasteiger partial charge in [0.25, 0.3) is 0 Å². The summed E-state index contributed by atoms with van der Waals surface area (Å²) in [5.41, 5.74) is -0.0110. The molecule has 0 spiro atoms. The van der Waals surface area contributed by atoms with Crippen molar-refractivity contribution in [3.63, 3.8) is 0 Å². The van der Waals surface area contributed by atoms with E-state index in [1.54, 1.807) is 11.3 Å². The minimum atomic E-state index is -0.0110. The van der Waals surface area contributed by atoms with Crippen LogP contribution in [-0.4, -0.2) is 17.2 Å². The molecule has 0 aliphatic rings. The van der Waals surface area contributed by atoms with E-state index >= 15 is 0 Å². The minimum Gasteiger partial charge on any atom is -0.376 e. The SMILES string of the molecule is CC(C)(C)OCCCc1nccs1. The van der Waals surface area contributed by atoms with Gasteiger partial charge in [0.2, 0.25) is 0 Å². The first-order chi connectivity index (χ1) is 6.08. The fourth-order valence-electron chi connectivity index (χ4n) is 0.978. The van der Waals surface area contributed by atoms with Gasteiger partial charge in [-0.05, 0) is 27.2 Å². The summed E-state index contributed by atoms with van der Waals surface area (Å²) in [7, 11) is 0. The number of aromatic nitrogens is 1. The van der Waals surface area contributed by atoms with Crippen molar-refractivity contribution in [3.05, 3.63) is 16.6 Å². The zero-order valence-corrected chi connectivity index (χ0v) is 9.36. The van der Waals surface area contributed by atoms with Crippen LogP contribution in [0, 0.1) is 0 Å². The van der Waals surface area contributed by atoms with Crippen molar-refractivity contribution in [2.45, 2.75) is 39.2 Å². The largest absolute Gasteiger partial charge is 0.376 e. The molecule has 0 atom stereocenters. The van der Waals surface area contributed by atoms with Crippen molar-refractivity contribution >= 4 is 11.3 Å². The molecule has 0 unspecified atom stereocenters. The van der Waals surface area contributed by atoms with E-state index in [2.05, 4.69) is 25.8 Å². The molecule has 3 heteroatoms. The van der Waals surface area contributed by atoms with E-state index in [-0.39, 0.29) is 5.60 Å². The van der Waals surface area contributed by atoms with Crippen LogP contribution in [0.1, 0.15) is 32.2 Å². The lowest BCUT2D eigenvalue weighted by atomic mass is 10.2. The Kier molecular flexibility index (Phi) is 3.88. The van der Waals surface area contributed by atoms with Crippen molar-refractivity contribution in [2.75, 3.05) is 6.61 Å². The molecule has 0 amide bonds.